The second kappa shape index (κ2) is 9.50. The SMILES string of the molecule is COc1cc(/C=N\NC(=O)c2cc(-c3ccccc3)n[nH]2)cc(OC)c1OC(F)F. The minimum Gasteiger partial charge on any atom is -0.493 e. The number of alkyl halides is 2. The minimum atomic E-state index is -3.04. The van der Waals surface area contributed by atoms with E-state index < -0.39 is 12.5 Å². The maximum atomic E-state index is 12.6. The van der Waals surface area contributed by atoms with Crippen LogP contribution in [0.15, 0.2) is 53.6 Å². The molecule has 0 aliphatic rings. The molecule has 1 heterocycles. The van der Waals surface area contributed by atoms with Gasteiger partial charge in [0, 0.05) is 11.1 Å². The molecular formula is C20H18F2N4O4. The van der Waals surface area contributed by atoms with Crippen LogP contribution in [0.4, 0.5) is 8.78 Å². The molecule has 2 aromatic carbocycles. The zero-order chi connectivity index (χ0) is 21.5. The molecule has 156 valence electrons. The molecule has 30 heavy (non-hydrogen) atoms. The normalized spacial score (nSPS) is 11.0. The van der Waals surface area contributed by atoms with Crippen LogP contribution in [0.2, 0.25) is 0 Å². The van der Waals surface area contributed by atoms with Crippen molar-refractivity contribution in [3.63, 3.8) is 0 Å². The van der Waals surface area contributed by atoms with E-state index in [9.17, 15) is 13.6 Å². The van der Waals surface area contributed by atoms with E-state index in [1.165, 1.54) is 32.6 Å². The van der Waals surface area contributed by atoms with Crippen molar-refractivity contribution in [2.24, 2.45) is 5.10 Å². The molecule has 0 aliphatic carbocycles. The van der Waals surface area contributed by atoms with Crippen LogP contribution in [-0.4, -0.2) is 43.2 Å². The van der Waals surface area contributed by atoms with E-state index in [1.54, 1.807) is 6.07 Å². The van der Waals surface area contributed by atoms with E-state index in [1.807, 2.05) is 30.3 Å². The fourth-order valence-corrected chi connectivity index (χ4v) is 2.60. The zero-order valence-corrected chi connectivity index (χ0v) is 16.1. The second-order valence-corrected chi connectivity index (χ2v) is 5.87. The Morgan fingerprint density at radius 3 is 2.40 bits per heavy atom. The summed E-state index contributed by atoms with van der Waals surface area (Å²) in [6.07, 6.45) is 1.31. The first-order valence-corrected chi connectivity index (χ1v) is 8.67. The van der Waals surface area contributed by atoms with Gasteiger partial charge >= 0.3 is 6.61 Å². The molecule has 2 N–H and O–H groups in total. The summed E-state index contributed by atoms with van der Waals surface area (Å²) in [7, 11) is 2.61. The Kier molecular flexibility index (Phi) is 6.58. The van der Waals surface area contributed by atoms with Gasteiger partial charge in [-0.3, -0.25) is 9.89 Å². The third kappa shape index (κ3) is 4.90. The molecule has 0 saturated heterocycles. The van der Waals surface area contributed by atoms with Gasteiger partial charge in [0.25, 0.3) is 5.91 Å². The molecule has 1 amide bonds. The van der Waals surface area contributed by atoms with E-state index >= 15 is 0 Å². The van der Waals surface area contributed by atoms with Crippen LogP contribution in [0.3, 0.4) is 0 Å². The van der Waals surface area contributed by atoms with Gasteiger partial charge in [0.1, 0.15) is 5.69 Å². The highest BCUT2D eigenvalue weighted by Gasteiger charge is 2.18. The van der Waals surface area contributed by atoms with Gasteiger partial charge in [-0.1, -0.05) is 30.3 Å². The molecule has 1 aromatic heterocycles. The van der Waals surface area contributed by atoms with E-state index in [4.69, 9.17) is 9.47 Å². The molecule has 0 unspecified atom stereocenters. The predicted molar refractivity (Wildman–Crippen MR) is 105 cm³/mol. The van der Waals surface area contributed by atoms with Gasteiger partial charge in [-0.2, -0.15) is 19.0 Å². The van der Waals surface area contributed by atoms with Crippen molar-refractivity contribution < 1.29 is 27.8 Å². The van der Waals surface area contributed by atoms with Gasteiger partial charge in [0.05, 0.1) is 26.1 Å². The Balaban J connectivity index is 1.72. The van der Waals surface area contributed by atoms with Crippen molar-refractivity contribution in [1.29, 1.82) is 0 Å². The van der Waals surface area contributed by atoms with Crippen molar-refractivity contribution in [2.75, 3.05) is 14.2 Å². The Bertz CT molecular complexity index is 1010. The summed E-state index contributed by atoms with van der Waals surface area (Å²) in [6.45, 7) is -3.04. The Labute approximate surface area is 170 Å². The third-order valence-electron chi connectivity index (χ3n) is 3.96. The number of nitrogens with zero attached hydrogens (tertiary/aromatic N) is 2. The van der Waals surface area contributed by atoms with Crippen LogP contribution >= 0.6 is 0 Å². The quantitative estimate of drug-likeness (QED) is 0.433. The van der Waals surface area contributed by atoms with Gasteiger partial charge in [0.2, 0.25) is 5.75 Å². The number of aromatic nitrogens is 2. The van der Waals surface area contributed by atoms with Gasteiger partial charge < -0.3 is 14.2 Å². The number of aromatic amines is 1. The van der Waals surface area contributed by atoms with Crippen LogP contribution in [0.1, 0.15) is 16.1 Å². The lowest BCUT2D eigenvalue weighted by molar-refractivity contribution is -0.0526. The molecule has 0 spiro atoms. The van der Waals surface area contributed by atoms with Crippen LogP contribution in [0, 0.1) is 0 Å². The molecule has 0 bridgehead atoms. The molecule has 10 heteroatoms. The van der Waals surface area contributed by atoms with Gasteiger partial charge in [0.15, 0.2) is 11.5 Å². The summed E-state index contributed by atoms with van der Waals surface area (Å²) in [5.41, 5.74) is 4.50. The summed E-state index contributed by atoms with van der Waals surface area (Å²) in [4.78, 5) is 12.3. The number of amides is 1. The third-order valence-corrected chi connectivity index (χ3v) is 3.96. The average molecular weight is 416 g/mol. The fourth-order valence-electron chi connectivity index (χ4n) is 2.60. The Morgan fingerprint density at radius 2 is 1.80 bits per heavy atom. The fraction of sp³-hybridized carbons (Fsp3) is 0.150. The number of methoxy groups -OCH3 is 2. The summed E-state index contributed by atoms with van der Waals surface area (Å²) >= 11 is 0. The summed E-state index contributed by atoms with van der Waals surface area (Å²) < 4.78 is 39.8. The van der Waals surface area contributed by atoms with Crippen molar-refractivity contribution in [2.45, 2.75) is 6.61 Å². The van der Waals surface area contributed by atoms with Crippen LogP contribution in [-0.2, 0) is 0 Å². The molecule has 3 rings (SSSR count). The van der Waals surface area contributed by atoms with E-state index in [0.29, 0.717) is 11.3 Å². The van der Waals surface area contributed by atoms with Crippen LogP contribution in [0.25, 0.3) is 11.3 Å². The van der Waals surface area contributed by atoms with Gasteiger partial charge in [-0.25, -0.2) is 5.43 Å². The smallest absolute Gasteiger partial charge is 0.387 e. The van der Waals surface area contributed by atoms with Crippen LogP contribution in [0.5, 0.6) is 17.2 Å². The van der Waals surface area contributed by atoms with Crippen molar-refractivity contribution >= 4 is 12.1 Å². The largest absolute Gasteiger partial charge is 0.493 e. The Hall–Kier alpha value is -3.95. The average Bonchev–Trinajstić information content (AvgIpc) is 3.25. The lowest BCUT2D eigenvalue weighted by Gasteiger charge is -2.14. The first kappa shape index (κ1) is 20.8. The molecule has 3 aromatic rings. The standard InChI is InChI=1S/C20H18F2N4O4/c1-28-16-8-12(9-17(29-2)18(16)30-20(21)22)11-23-26-19(27)15-10-14(24-25-15)13-6-4-3-5-7-13/h3-11,20H,1-2H3,(H,24,25)(H,26,27)/b23-11-. The number of benzene rings is 2. The number of ether oxygens (including phenoxy) is 3. The van der Waals surface area contributed by atoms with Gasteiger partial charge in [-0.15, -0.1) is 0 Å². The van der Waals surface area contributed by atoms with Crippen molar-refractivity contribution in [1.82, 2.24) is 15.6 Å². The number of hydrogen-bond donors (Lipinski definition) is 2. The minimum absolute atomic E-state index is 0.0310. The molecule has 0 saturated carbocycles. The number of carbonyl (C=O) groups is 1. The zero-order valence-electron chi connectivity index (χ0n) is 16.1. The van der Waals surface area contributed by atoms with E-state index in [-0.39, 0.29) is 22.9 Å². The number of hydrazone groups is 1. The highest BCUT2D eigenvalue weighted by molar-refractivity contribution is 5.94. The monoisotopic (exact) mass is 416 g/mol. The number of hydrogen-bond acceptors (Lipinski definition) is 6. The van der Waals surface area contributed by atoms with E-state index in [0.717, 1.165) is 5.56 Å². The number of halogens is 2. The van der Waals surface area contributed by atoms with Crippen molar-refractivity contribution in [3.8, 4) is 28.5 Å². The molecule has 8 nitrogen and oxygen atoms in total. The number of nitrogens with one attached hydrogen (secondary N) is 2. The number of H-pyrrole nitrogens is 1. The molecule has 0 radical (unpaired) electrons. The Morgan fingerprint density at radius 1 is 1.13 bits per heavy atom. The number of carbonyl (C=O) groups excluding carboxylic acids is 1. The highest BCUT2D eigenvalue weighted by atomic mass is 19.3. The molecule has 0 fully saturated rings. The second-order valence-electron chi connectivity index (χ2n) is 5.87. The highest BCUT2D eigenvalue weighted by Crippen LogP contribution is 2.39. The molecule has 0 atom stereocenters. The maximum absolute atomic E-state index is 12.6. The van der Waals surface area contributed by atoms with E-state index in [2.05, 4.69) is 25.5 Å². The lowest BCUT2D eigenvalue weighted by atomic mass is 10.1. The predicted octanol–water partition coefficient (Wildman–Crippen LogP) is 3.46. The molecule has 0 aliphatic heterocycles. The van der Waals surface area contributed by atoms with Crippen LogP contribution < -0.4 is 19.6 Å². The number of rotatable bonds is 8. The molecular weight excluding hydrogens is 398 g/mol. The summed E-state index contributed by atoms with van der Waals surface area (Å²) in [6, 6.07) is 13.8. The first-order chi connectivity index (χ1) is 14.5. The summed E-state index contributed by atoms with van der Waals surface area (Å²) in [5.74, 6) is -0.674. The topological polar surface area (TPSA) is 97.8 Å². The van der Waals surface area contributed by atoms with Gasteiger partial charge in [-0.05, 0) is 18.2 Å². The van der Waals surface area contributed by atoms with Crippen molar-refractivity contribution in [3.05, 3.63) is 59.8 Å². The first-order valence-electron chi connectivity index (χ1n) is 8.67. The lowest BCUT2D eigenvalue weighted by Crippen LogP contribution is -2.18. The maximum Gasteiger partial charge on any atom is 0.387 e. The summed E-state index contributed by atoms with van der Waals surface area (Å²) in [5, 5.41) is 10.6.